The van der Waals surface area contributed by atoms with Crippen LogP contribution in [0.5, 0.6) is 0 Å². The van der Waals surface area contributed by atoms with Crippen molar-refractivity contribution in [2.24, 2.45) is 0 Å². The molecule has 0 saturated heterocycles. The van der Waals surface area contributed by atoms with Crippen molar-refractivity contribution in [3.63, 3.8) is 0 Å². The second-order valence-electron chi connectivity index (χ2n) is 4.48. The maximum absolute atomic E-state index is 5.74. The van der Waals surface area contributed by atoms with E-state index in [2.05, 4.69) is 40.8 Å². The van der Waals surface area contributed by atoms with Crippen molar-refractivity contribution in [1.29, 1.82) is 0 Å². The first-order valence-corrected chi connectivity index (χ1v) is 7.83. The van der Waals surface area contributed by atoms with Crippen LogP contribution in [0.4, 0.5) is 0 Å². The van der Waals surface area contributed by atoms with E-state index in [4.69, 9.17) is 4.42 Å². The molecule has 0 atom stereocenters. The standard InChI is InChI=1S/C14H21N3OS/c1-3-8-15-9-5-6-12-16-17-14(18-12)13-11(4-2)7-10-19-13/h7,10,15H,3-6,8-9H2,1-2H3. The van der Waals surface area contributed by atoms with Crippen molar-refractivity contribution in [2.75, 3.05) is 13.1 Å². The highest BCUT2D eigenvalue weighted by molar-refractivity contribution is 7.13. The van der Waals surface area contributed by atoms with Gasteiger partial charge in [0.1, 0.15) is 0 Å². The molecule has 19 heavy (non-hydrogen) atoms. The molecule has 0 aromatic carbocycles. The monoisotopic (exact) mass is 279 g/mol. The Hall–Kier alpha value is -1.20. The van der Waals surface area contributed by atoms with E-state index in [-0.39, 0.29) is 0 Å². The topological polar surface area (TPSA) is 51.0 Å². The fraction of sp³-hybridized carbons (Fsp3) is 0.571. The van der Waals surface area contributed by atoms with Gasteiger partial charge >= 0.3 is 0 Å². The van der Waals surface area contributed by atoms with Crippen LogP contribution in [0.15, 0.2) is 15.9 Å². The molecule has 0 spiro atoms. The van der Waals surface area contributed by atoms with Gasteiger partial charge in [0.05, 0.1) is 4.88 Å². The van der Waals surface area contributed by atoms with E-state index in [9.17, 15) is 0 Å². The summed E-state index contributed by atoms with van der Waals surface area (Å²) in [7, 11) is 0. The summed E-state index contributed by atoms with van der Waals surface area (Å²) in [5.74, 6) is 1.41. The number of nitrogens with zero attached hydrogens (tertiary/aromatic N) is 2. The molecule has 0 saturated carbocycles. The summed E-state index contributed by atoms with van der Waals surface area (Å²) in [5, 5.41) is 13.7. The van der Waals surface area contributed by atoms with Gasteiger partial charge in [-0.05, 0) is 49.4 Å². The Morgan fingerprint density at radius 1 is 1.26 bits per heavy atom. The number of aromatic nitrogens is 2. The summed E-state index contributed by atoms with van der Waals surface area (Å²) in [5.41, 5.74) is 1.28. The van der Waals surface area contributed by atoms with Crippen LogP contribution < -0.4 is 5.32 Å². The number of hydrogen-bond acceptors (Lipinski definition) is 5. The molecule has 5 heteroatoms. The van der Waals surface area contributed by atoms with Crippen LogP contribution in [0.1, 0.15) is 38.1 Å². The third kappa shape index (κ3) is 3.88. The molecule has 4 nitrogen and oxygen atoms in total. The quantitative estimate of drug-likeness (QED) is 0.753. The molecule has 0 bridgehead atoms. The minimum atomic E-state index is 0.670. The molecule has 104 valence electrons. The van der Waals surface area contributed by atoms with Crippen LogP contribution in [0.3, 0.4) is 0 Å². The summed E-state index contributed by atoms with van der Waals surface area (Å²) in [6.07, 6.45) is 4.05. The number of aryl methyl sites for hydroxylation is 2. The van der Waals surface area contributed by atoms with Gasteiger partial charge in [-0.1, -0.05) is 13.8 Å². The molecule has 0 radical (unpaired) electrons. The summed E-state index contributed by atoms with van der Waals surface area (Å²) < 4.78 is 5.74. The van der Waals surface area contributed by atoms with Crippen molar-refractivity contribution >= 4 is 11.3 Å². The summed E-state index contributed by atoms with van der Waals surface area (Å²) in [4.78, 5) is 1.12. The largest absolute Gasteiger partial charge is 0.420 e. The predicted molar refractivity (Wildman–Crippen MR) is 78.5 cm³/mol. The average Bonchev–Trinajstić information content (AvgIpc) is 3.06. The average molecular weight is 279 g/mol. The van der Waals surface area contributed by atoms with Gasteiger partial charge in [-0.2, -0.15) is 0 Å². The Kier molecular flexibility index (Phi) is 5.54. The highest BCUT2D eigenvalue weighted by Crippen LogP contribution is 2.28. The zero-order chi connectivity index (χ0) is 13.5. The zero-order valence-electron chi connectivity index (χ0n) is 11.6. The molecule has 2 heterocycles. The highest BCUT2D eigenvalue weighted by atomic mass is 32.1. The first-order chi connectivity index (χ1) is 9.35. The van der Waals surface area contributed by atoms with Gasteiger partial charge in [0.2, 0.25) is 5.89 Å². The van der Waals surface area contributed by atoms with Gasteiger partial charge in [-0.3, -0.25) is 0 Å². The van der Waals surface area contributed by atoms with E-state index in [1.54, 1.807) is 11.3 Å². The lowest BCUT2D eigenvalue weighted by molar-refractivity contribution is 0.491. The van der Waals surface area contributed by atoms with Gasteiger partial charge in [-0.25, -0.2) is 0 Å². The van der Waals surface area contributed by atoms with Crippen molar-refractivity contribution in [3.8, 4) is 10.8 Å². The maximum atomic E-state index is 5.74. The van der Waals surface area contributed by atoms with Gasteiger partial charge in [0.25, 0.3) is 5.89 Å². The van der Waals surface area contributed by atoms with E-state index in [0.717, 1.165) is 43.1 Å². The van der Waals surface area contributed by atoms with E-state index in [1.807, 2.05) is 0 Å². The normalized spacial score (nSPS) is 11.1. The van der Waals surface area contributed by atoms with Crippen molar-refractivity contribution in [3.05, 3.63) is 22.9 Å². The van der Waals surface area contributed by atoms with Crippen LogP contribution in [0.2, 0.25) is 0 Å². The highest BCUT2D eigenvalue weighted by Gasteiger charge is 2.12. The van der Waals surface area contributed by atoms with Crippen LogP contribution in [0.25, 0.3) is 10.8 Å². The lowest BCUT2D eigenvalue weighted by Crippen LogP contribution is -2.16. The second kappa shape index (κ2) is 7.40. The summed E-state index contributed by atoms with van der Waals surface area (Å²) in [6.45, 7) is 6.39. The maximum Gasteiger partial charge on any atom is 0.258 e. The summed E-state index contributed by atoms with van der Waals surface area (Å²) in [6, 6.07) is 2.12. The Bertz CT molecular complexity index is 492. The van der Waals surface area contributed by atoms with E-state index >= 15 is 0 Å². The molecule has 1 N–H and O–H groups in total. The Labute approximate surface area is 118 Å². The fourth-order valence-electron chi connectivity index (χ4n) is 1.91. The third-order valence-electron chi connectivity index (χ3n) is 2.96. The Morgan fingerprint density at radius 2 is 2.16 bits per heavy atom. The molecule has 0 unspecified atom stereocenters. The van der Waals surface area contributed by atoms with Crippen molar-refractivity contribution < 1.29 is 4.42 Å². The van der Waals surface area contributed by atoms with Crippen LogP contribution in [-0.2, 0) is 12.8 Å². The lowest BCUT2D eigenvalue weighted by Gasteiger charge is -1.99. The lowest BCUT2D eigenvalue weighted by atomic mass is 10.2. The number of hydrogen-bond donors (Lipinski definition) is 1. The number of nitrogens with one attached hydrogen (secondary N) is 1. The zero-order valence-corrected chi connectivity index (χ0v) is 12.4. The van der Waals surface area contributed by atoms with Gasteiger partial charge in [0.15, 0.2) is 0 Å². The molecule has 2 rings (SSSR count). The molecule has 0 aliphatic rings. The molecule has 0 aliphatic carbocycles. The first-order valence-electron chi connectivity index (χ1n) is 6.95. The Morgan fingerprint density at radius 3 is 2.95 bits per heavy atom. The van der Waals surface area contributed by atoms with Crippen molar-refractivity contribution in [1.82, 2.24) is 15.5 Å². The van der Waals surface area contributed by atoms with Gasteiger partial charge in [-0.15, -0.1) is 21.5 Å². The molecule has 0 amide bonds. The Balaban J connectivity index is 1.88. The summed E-state index contributed by atoms with van der Waals surface area (Å²) >= 11 is 1.67. The fourth-order valence-corrected chi connectivity index (χ4v) is 2.83. The van der Waals surface area contributed by atoms with Gasteiger partial charge in [0, 0.05) is 6.42 Å². The first kappa shape index (κ1) is 14.2. The van der Waals surface area contributed by atoms with Crippen LogP contribution in [-0.4, -0.2) is 23.3 Å². The van der Waals surface area contributed by atoms with Crippen LogP contribution >= 0.6 is 11.3 Å². The smallest absolute Gasteiger partial charge is 0.258 e. The second-order valence-corrected chi connectivity index (χ2v) is 5.40. The minimum Gasteiger partial charge on any atom is -0.420 e. The van der Waals surface area contributed by atoms with Crippen LogP contribution in [0, 0.1) is 0 Å². The molecule has 0 fully saturated rings. The molecule has 0 aliphatic heterocycles. The van der Waals surface area contributed by atoms with Crippen molar-refractivity contribution in [2.45, 2.75) is 39.5 Å². The predicted octanol–water partition coefficient (Wildman–Crippen LogP) is 3.29. The molecular weight excluding hydrogens is 258 g/mol. The molecule has 2 aromatic heterocycles. The van der Waals surface area contributed by atoms with E-state index < -0.39 is 0 Å². The third-order valence-corrected chi connectivity index (χ3v) is 3.90. The minimum absolute atomic E-state index is 0.670. The SMILES string of the molecule is CCCNCCCc1nnc(-c2sccc2CC)o1. The van der Waals surface area contributed by atoms with E-state index in [1.165, 1.54) is 12.0 Å². The number of rotatable bonds is 8. The molecule has 2 aromatic rings. The van der Waals surface area contributed by atoms with E-state index in [0.29, 0.717) is 5.89 Å². The number of thiophene rings is 1. The molecular formula is C14H21N3OS. The van der Waals surface area contributed by atoms with Gasteiger partial charge < -0.3 is 9.73 Å².